The quantitative estimate of drug-likeness (QED) is 0.0263. The number of hydrogen-bond acceptors (Lipinski definition) is 6. The van der Waals surface area contributed by atoms with Crippen molar-refractivity contribution in [3.63, 3.8) is 0 Å². The van der Waals surface area contributed by atoms with Crippen molar-refractivity contribution in [2.24, 2.45) is 0 Å². The fourth-order valence-corrected chi connectivity index (χ4v) is 6.59. The van der Waals surface area contributed by atoms with E-state index in [2.05, 4.69) is 57.2 Å². The summed E-state index contributed by atoms with van der Waals surface area (Å²) in [7, 11) is 0. The maximum atomic E-state index is 12.7. The Bertz CT molecular complexity index is 1250. The summed E-state index contributed by atoms with van der Waals surface area (Å²) < 4.78 is 16.7. The summed E-state index contributed by atoms with van der Waals surface area (Å²) >= 11 is 0. The molecule has 0 aromatic carbocycles. The Balaban J connectivity index is 4.47. The number of hydrogen-bond donors (Lipinski definition) is 0. The van der Waals surface area contributed by atoms with Gasteiger partial charge in [0.2, 0.25) is 0 Å². The van der Waals surface area contributed by atoms with Crippen molar-refractivity contribution in [3.8, 4) is 0 Å². The van der Waals surface area contributed by atoms with Crippen LogP contribution in [0.2, 0.25) is 0 Å². The molecule has 0 amide bonds. The molecule has 0 radical (unpaired) electrons. The third kappa shape index (κ3) is 47.2. The molecule has 0 fully saturated rings. The predicted octanol–water partition coefficient (Wildman–Crippen LogP) is 16.2. The highest BCUT2D eigenvalue weighted by Gasteiger charge is 2.19. The van der Waals surface area contributed by atoms with Crippen LogP contribution in [0.15, 0.2) is 97.2 Å². The van der Waals surface area contributed by atoms with Crippen molar-refractivity contribution in [1.29, 1.82) is 0 Å². The van der Waals surface area contributed by atoms with E-state index in [4.69, 9.17) is 14.2 Å². The topological polar surface area (TPSA) is 78.9 Å². The van der Waals surface area contributed by atoms with Gasteiger partial charge < -0.3 is 14.2 Å². The van der Waals surface area contributed by atoms with Gasteiger partial charge in [0.05, 0.1) is 0 Å². The minimum atomic E-state index is -0.821. The SMILES string of the molecule is CC\C=C/C=C\C=C/C=C\C=C/CCCC(=O)OC(COC(=O)CCCCCCC\C=C/C=C\C=C/CC)COC(=O)CCCCCCCCCCCCCCCCCCC. The van der Waals surface area contributed by atoms with Gasteiger partial charge in [-0.15, -0.1) is 0 Å². The first-order chi connectivity index (χ1) is 30.0. The third-order valence-corrected chi connectivity index (χ3v) is 10.3. The van der Waals surface area contributed by atoms with E-state index < -0.39 is 6.10 Å². The summed E-state index contributed by atoms with van der Waals surface area (Å²) in [6, 6.07) is 0. The number of rotatable bonds is 43. The number of carbonyl (C=O) groups is 3. The Morgan fingerprint density at radius 3 is 1.05 bits per heavy atom. The first-order valence-electron chi connectivity index (χ1n) is 24.8. The van der Waals surface area contributed by atoms with Crippen LogP contribution >= 0.6 is 0 Å². The summed E-state index contributed by atoms with van der Waals surface area (Å²) in [6.07, 6.45) is 64.0. The fraction of sp³-hybridized carbons (Fsp3) is 0.655. The zero-order chi connectivity index (χ0) is 44.4. The molecular formula is C55H90O6. The predicted molar refractivity (Wildman–Crippen MR) is 260 cm³/mol. The van der Waals surface area contributed by atoms with Gasteiger partial charge in [-0.05, 0) is 51.4 Å². The fourth-order valence-electron chi connectivity index (χ4n) is 6.59. The standard InChI is InChI=1S/C55H90O6/c1-4-7-10-13-16-19-22-25-26-27-28-31-33-36-39-42-45-48-54(57)60-51-52(61-55(58)49-46-43-40-37-34-30-24-21-18-15-12-9-6-3)50-59-53(56)47-44-41-38-35-32-29-23-20-17-14-11-8-5-2/h8-9,11-12,14-15,17-18,20-21,23-24,30,34,37,40,52H,4-7,10,13,16,19,22,25-29,31-33,35-36,38-39,41-51H2,1-3H3/b11-8-,12-9-,17-14-,18-15-,23-20-,24-21-,34-30-,40-37-. The molecule has 0 aromatic heterocycles. The van der Waals surface area contributed by atoms with Crippen molar-refractivity contribution in [1.82, 2.24) is 0 Å². The van der Waals surface area contributed by atoms with Crippen molar-refractivity contribution in [3.05, 3.63) is 97.2 Å². The van der Waals surface area contributed by atoms with Gasteiger partial charge in [-0.1, -0.05) is 240 Å². The van der Waals surface area contributed by atoms with E-state index in [0.717, 1.165) is 77.0 Å². The van der Waals surface area contributed by atoms with E-state index in [1.165, 1.54) is 89.9 Å². The molecule has 6 nitrogen and oxygen atoms in total. The molecule has 346 valence electrons. The number of allylic oxidation sites excluding steroid dienone is 16. The van der Waals surface area contributed by atoms with E-state index in [9.17, 15) is 14.4 Å². The second-order valence-corrected chi connectivity index (χ2v) is 16.2. The Morgan fingerprint density at radius 2 is 0.656 bits per heavy atom. The van der Waals surface area contributed by atoms with Crippen LogP contribution in [0, 0.1) is 0 Å². The molecule has 0 saturated carbocycles. The second kappa shape index (κ2) is 49.0. The van der Waals surface area contributed by atoms with Crippen LogP contribution in [-0.4, -0.2) is 37.2 Å². The maximum Gasteiger partial charge on any atom is 0.306 e. The molecule has 0 aliphatic heterocycles. The molecule has 0 aliphatic carbocycles. The molecule has 0 N–H and O–H groups in total. The first-order valence-corrected chi connectivity index (χ1v) is 24.8. The van der Waals surface area contributed by atoms with Gasteiger partial charge in [0.25, 0.3) is 0 Å². The van der Waals surface area contributed by atoms with Gasteiger partial charge in [-0.3, -0.25) is 14.4 Å². The smallest absolute Gasteiger partial charge is 0.306 e. The van der Waals surface area contributed by atoms with Crippen molar-refractivity contribution in [2.75, 3.05) is 13.2 Å². The zero-order valence-corrected chi connectivity index (χ0v) is 39.4. The Labute approximate surface area is 375 Å². The van der Waals surface area contributed by atoms with Crippen LogP contribution in [0.25, 0.3) is 0 Å². The average Bonchev–Trinajstić information content (AvgIpc) is 3.26. The van der Waals surface area contributed by atoms with Crippen LogP contribution in [0.4, 0.5) is 0 Å². The maximum absolute atomic E-state index is 12.7. The van der Waals surface area contributed by atoms with Gasteiger partial charge >= 0.3 is 17.9 Å². The highest BCUT2D eigenvalue weighted by atomic mass is 16.6. The van der Waals surface area contributed by atoms with Crippen LogP contribution in [0.3, 0.4) is 0 Å². The second-order valence-electron chi connectivity index (χ2n) is 16.2. The van der Waals surface area contributed by atoms with Crippen LogP contribution in [-0.2, 0) is 28.6 Å². The van der Waals surface area contributed by atoms with E-state index in [-0.39, 0.29) is 37.5 Å². The van der Waals surface area contributed by atoms with Gasteiger partial charge in [0.1, 0.15) is 13.2 Å². The lowest BCUT2D eigenvalue weighted by Gasteiger charge is -2.18. The molecule has 0 saturated heterocycles. The zero-order valence-electron chi connectivity index (χ0n) is 39.4. The average molecular weight is 847 g/mol. The molecular weight excluding hydrogens is 757 g/mol. The number of ether oxygens (including phenoxy) is 3. The van der Waals surface area contributed by atoms with Crippen LogP contribution in [0.1, 0.15) is 213 Å². The molecule has 0 rings (SSSR count). The summed E-state index contributed by atoms with van der Waals surface area (Å²) in [5.41, 5.74) is 0. The van der Waals surface area contributed by atoms with E-state index in [1.54, 1.807) is 0 Å². The summed E-state index contributed by atoms with van der Waals surface area (Å²) in [5, 5.41) is 0. The lowest BCUT2D eigenvalue weighted by molar-refractivity contribution is -0.167. The molecule has 0 aromatic rings. The molecule has 6 heteroatoms. The van der Waals surface area contributed by atoms with Crippen molar-refractivity contribution in [2.45, 2.75) is 219 Å². The minimum absolute atomic E-state index is 0.112. The van der Waals surface area contributed by atoms with Gasteiger partial charge in [-0.25, -0.2) is 0 Å². The normalized spacial score (nSPS) is 12.9. The first kappa shape index (κ1) is 57.3. The van der Waals surface area contributed by atoms with E-state index in [1.807, 2.05) is 60.8 Å². The van der Waals surface area contributed by atoms with Crippen molar-refractivity contribution >= 4 is 17.9 Å². The highest BCUT2D eigenvalue weighted by Crippen LogP contribution is 2.15. The summed E-state index contributed by atoms with van der Waals surface area (Å²) in [5.74, 6) is -1.01. The number of carbonyl (C=O) groups excluding carboxylic acids is 3. The highest BCUT2D eigenvalue weighted by molar-refractivity contribution is 5.71. The largest absolute Gasteiger partial charge is 0.462 e. The van der Waals surface area contributed by atoms with Gasteiger partial charge in [-0.2, -0.15) is 0 Å². The molecule has 0 spiro atoms. The summed E-state index contributed by atoms with van der Waals surface area (Å²) in [6.45, 7) is 6.27. The van der Waals surface area contributed by atoms with Crippen molar-refractivity contribution < 1.29 is 28.6 Å². The van der Waals surface area contributed by atoms with Gasteiger partial charge in [0, 0.05) is 19.3 Å². The minimum Gasteiger partial charge on any atom is -0.462 e. The molecule has 0 aliphatic rings. The molecule has 1 atom stereocenters. The Kier molecular flexibility index (Phi) is 46.0. The summed E-state index contributed by atoms with van der Waals surface area (Å²) in [4.78, 5) is 37.9. The van der Waals surface area contributed by atoms with E-state index in [0.29, 0.717) is 19.3 Å². The molecule has 0 heterocycles. The number of esters is 3. The lowest BCUT2D eigenvalue weighted by Crippen LogP contribution is -2.30. The van der Waals surface area contributed by atoms with Crippen LogP contribution in [0.5, 0.6) is 0 Å². The monoisotopic (exact) mass is 847 g/mol. The van der Waals surface area contributed by atoms with E-state index >= 15 is 0 Å². The third-order valence-electron chi connectivity index (χ3n) is 10.3. The molecule has 61 heavy (non-hydrogen) atoms. The Hall–Kier alpha value is -3.67. The van der Waals surface area contributed by atoms with Crippen LogP contribution < -0.4 is 0 Å². The Morgan fingerprint density at radius 1 is 0.344 bits per heavy atom. The lowest BCUT2D eigenvalue weighted by atomic mass is 10.0. The number of unbranched alkanes of at least 4 members (excludes halogenated alkanes) is 22. The molecule has 1 unspecified atom stereocenters. The van der Waals surface area contributed by atoms with Gasteiger partial charge in [0.15, 0.2) is 6.10 Å². The molecule has 0 bridgehead atoms.